The van der Waals surface area contributed by atoms with E-state index in [1.165, 1.54) is 6.92 Å². The predicted octanol–water partition coefficient (Wildman–Crippen LogP) is 3.61. The van der Waals surface area contributed by atoms with Crippen molar-refractivity contribution in [3.63, 3.8) is 0 Å². The number of esters is 1. The maximum atomic E-state index is 12.7. The van der Waals surface area contributed by atoms with Crippen LogP contribution in [0, 0.1) is 6.92 Å². The van der Waals surface area contributed by atoms with Gasteiger partial charge < -0.3 is 8.97 Å². The Bertz CT molecular complexity index is 602. The molecule has 0 unspecified atom stereocenters. The number of rotatable bonds is 5. The summed E-state index contributed by atoms with van der Waals surface area (Å²) in [6.45, 7) is 11.6. The van der Waals surface area contributed by atoms with Crippen LogP contribution in [0.2, 0.25) is 19.6 Å². The number of pyridine rings is 1. The monoisotopic (exact) mass is 373 g/mol. The Morgan fingerprint density at radius 3 is 2.29 bits per heavy atom. The van der Waals surface area contributed by atoms with Crippen molar-refractivity contribution < 1.29 is 9.53 Å². The molecule has 0 saturated heterocycles. The van der Waals surface area contributed by atoms with Crippen LogP contribution >= 0.6 is 15.9 Å². The summed E-state index contributed by atoms with van der Waals surface area (Å²) in [6.07, 6.45) is 1.72. The molecule has 1 rings (SSSR count). The van der Waals surface area contributed by atoms with Gasteiger partial charge in [-0.15, -0.1) is 0 Å². The first-order valence-electron chi connectivity index (χ1n) is 7.17. The van der Waals surface area contributed by atoms with Crippen molar-refractivity contribution in [1.82, 2.24) is 4.23 Å². The molecule has 0 amide bonds. The number of carbonyl (C=O) groups excluding carboxylic acids is 1. The van der Waals surface area contributed by atoms with Crippen molar-refractivity contribution in [2.75, 3.05) is 0 Å². The normalized spacial score (nSPS) is 11.6. The highest BCUT2D eigenvalue weighted by molar-refractivity contribution is 9.08. The largest absolute Gasteiger partial charge is 0.426 e. The first-order valence-corrected chi connectivity index (χ1v) is 11.7. The van der Waals surface area contributed by atoms with Gasteiger partial charge in [-0.25, -0.2) is 0 Å². The molecule has 6 heteroatoms. The van der Waals surface area contributed by atoms with Gasteiger partial charge in [0, 0.05) is 23.5 Å². The highest BCUT2D eigenvalue weighted by Crippen LogP contribution is 2.29. The molecule has 0 radical (unpaired) electrons. The molecular weight excluding hydrogens is 350 g/mol. The summed E-state index contributed by atoms with van der Waals surface area (Å²) in [7, 11) is -1.86. The minimum Gasteiger partial charge on any atom is -0.426 e. The molecule has 0 bridgehead atoms. The van der Waals surface area contributed by atoms with E-state index < -0.39 is 8.24 Å². The fourth-order valence-corrected chi connectivity index (χ4v) is 5.14. The Labute approximate surface area is 135 Å². The number of hydrogen-bond donors (Lipinski definition) is 0. The highest BCUT2D eigenvalue weighted by Gasteiger charge is 2.27. The molecule has 0 aliphatic carbocycles. The summed E-state index contributed by atoms with van der Waals surface area (Å²) >= 11 is 3.50. The molecule has 0 atom stereocenters. The zero-order valence-electron chi connectivity index (χ0n) is 13.7. The van der Waals surface area contributed by atoms with E-state index in [2.05, 4.69) is 42.5 Å². The number of aromatic nitrogens is 1. The second-order valence-electron chi connectivity index (χ2n) is 6.17. The van der Waals surface area contributed by atoms with Crippen molar-refractivity contribution in [2.24, 2.45) is 0 Å². The van der Waals surface area contributed by atoms with E-state index in [1.807, 2.05) is 4.23 Å². The molecule has 0 N–H and O–H groups in total. The third-order valence-corrected chi connectivity index (χ3v) is 5.65. The van der Waals surface area contributed by atoms with Gasteiger partial charge in [-0.3, -0.25) is 9.59 Å². The maximum absolute atomic E-state index is 12.7. The van der Waals surface area contributed by atoms with Crippen molar-refractivity contribution in [3.8, 4) is 5.75 Å². The smallest absolute Gasteiger partial charge is 0.308 e. The van der Waals surface area contributed by atoms with Crippen LogP contribution in [0.15, 0.2) is 4.79 Å². The third-order valence-electron chi connectivity index (χ3n) is 3.30. The SMILES string of the molecule is CCCc1c(OC(C)=O)c(C)c(=O)n([Si](C)(C)C)c1CBr. The summed E-state index contributed by atoms with van der Waals surface area (Å²) in [6, 6.07) is 0. The molecular formula is C15H24BrNO3Si. The van der Waals surface area contributed by atoms with E-state index in [9.17, 15) is 9.59 Å². The molecule has 1 aromatic heterocycles. The van der Waals surface area contributed by atoms with E-state index >= 15 is 0 Å². The van der Waals surface area contributed by atoms with E-state index in [0.29, 0.717) is 16.6 Å². The Balaban J connectivity index is 3.81. The van der Waals surface area contributed by atoms with Gasteiger partial charge in [-0.1, -0.05) is 48.9 Å². The Morgan fingerprint density at radius 2 is 1.90 bits per heavy atom. The molecule has 1 heterocycles. The quantitative estimate of drug-likeness (QED) is 0.449. The zero-order chi connectivity index (χ0) is 16.4. The van der Waals surface area contributed by atoms with Crippen LogP contribution in [-0.4, -0.2) is 18.4 Å². The lowest BCUT2D eigenvalue weighted by atomic mass is 10.1. The Morgan fingerprint density at radius 1 is 1.33 bits per heavy atom. The maximum Gasteiger partial charge on any atom is 0.308 e. The molecule has 1 aromatic rings. The van der Waals surface area contributed by atoms with Crippen molar-refractivity contribution in [2.45, 2.75) is 58.6 Å². The Hall–Kier alpha value is -0.883. The lowest BCUT2D eigenvalue weighted by Crippen LogP contribution is -2.44. The number of hydrogen-bond acceptors (Lipinski definition) is 3. The van der Waals surface area contributed by atoms with Crippen LogP contribution in [0.5, 0.6) is 5.75 Å². The van der Waals surface area contributed by atoms with Crippen LogP contribution in [0.3, 0.4) is 0 Å². The van der Waals surface area contributed by atoms with Crippen molar-refractivity contribution >= 4 is 30.1 Å². The summed E-state index contributed by atoms with van der Waals surface area (Å²) in [4.78, 5) is 24.1. The summed E-state index contributed by atoms with van der Waals surface area (Å²) in [5.74, 6) is 0.0689. The lowest BCUT2D eigenvalue weighted by molar-refractivity contribution is -0.132. The van der Waals surface area contributed by atoms with Crippen LogP contribution in [0.25, 0.3) is 0 Å². The van der Waals surface area contributed by atoms with E-state index in [4.69, 9.17) is 4.74 Å². The summed E-state index contributed by atoms with van der Waals surface area (Å²) < 4.78 is 7.30. The van der Waals surface area contributed by atoms with Crippen LogP contribution in [0.4, 0.5) is 0 Å². The molecule has 118 valence electrons. The first kappa shape index (κ1) is 18.2. The molecule has 0 aliphatic rings. The van der Waals surface area contributed by atoms with Gasteiger partial charge >= 0.3 is 5.97 Å². The standard InChI is InChI=1S/C15H24BrNO3Si/c1-7-8-12-13(9-16)17(21(4,5)6)15(19)10(2)14(12)20-11(3)18/h7-9H2,1-6H3. The molecule has 0 saturated carbocycles. The Kier molecular flexibility index (Phi) is 5.98. The molecule has 0 spiro atoms. The minimum absolute atomic E-state index is 0.0419. The van der Waals surface area contributed by atoms with Gasteiger partial charge in [0.05, 0.1) is 5.56 Å². The van der Waals surface area contributed by atoms with Gasteiger partial charge in [-0.05, 0) is 13.3 Å². The number of nitrogens with zero attached hydrogens (tertiary/aromatic N) is 1. The van der Waals surface area contributed by atoms with Gasteiger partial charge in [0.25, 0.3) is 0 Å². The van der Waals surface area contributed by atoms with Gasteiger partial charge in [-0.2, -0.15) is 0 Å². The average molecular weight is 374 g/mol. The second kappa shape index (κ2) is 6.92. The average Bonchev–Trinajstić information content (AvgIpc) is 2.35. The van der Waals surface area contributed by atoms with E-state index in [0.717, 1.165) is 24.1 Å². The van der Waals surface area contributed by atoms with Gasteiger partial charge in [0.2, 0.25) is 5.56 Å². The van der Waals surface area contributed by atoms with Crippen LogP contribution in [-0.2, 0) is 16.5 Å². The van der Waals surface area contributed by atoms with E-state index in [-0.39, 0.29) is 11.5 Å². The summed E-state index contributed by atoms with van der Waals surface area (Å²) in [5.41, 5.74) is 2.41. The highest BCUT2D eigenvalue weighted by atomic mass is 79.9. The molecule has 21 heavy (non-hydrogen) atoms. The minimum atomic E-state index is -1.86. The zero-order valence-corrected chi connectivity index (χ0v) is 16.3. The van der Waals surface area contributed by atoms with Crippen molar-refractivity contribution in [1.29, 1.82) is 0 Å². The number of carbonyl (C=O) groups is 1. The molecule has 0 fully saturated rings. The lowest BCUT2D eigenvalue weighted by Gasteiger charge is -2.28. The van der Waals surface area contributed by atoms with Crippen LogP contribution in [0.1, 0.15) is 37.1 Å². The van der Waals surface area contributed by atoms with Gasteiger partial charge in [0.1, 0.15) is 5.75 Å². The fourth-order valence-electron chi connectivity index (χ4n) is 2.52. The summed E-state index contributed by atoms with van der Waals surface area (Å²) in [5, 5.41) is 0.580. The third kappa shape index (κ3) is 3.86. The van der Waals surface area contributed by atoms with Crippen LogP contribution < -0.4 is 10.3 Å². The predicted molar refractivity (Wildman–Crippen MR) is 92.1 cm³/mol. The number of ether oxygens (including phenoxy) is 1. The van der Waals surface area contributed by atoms with E-state index in [1.54, 1.807) is 6.92 Å². The molecule has 0 aromatic carbocycles. The fraction of sp³-hybridized carbons (Fsp3) is 0.600. The van der Waals surface area contributed by atoms with Crippen molar-refractivity contribution in [3.05, 3.63) is 27.2 Å². The van der Waals surface area contributed by atoms with Gasteiger partial charge in [0.15, 0.2) is 8.24 Å². The second-order valence-corrected chi connectivity index (χ2v) is 11.5. The number of halogens is 1. The topological polar surface area (TPSA) is 48.3 Å². The number of alkyl halides is 1. The first-order chi connectivity index (χ1) is 9.65. The molecule has 4 nitrogen and oxygen atoms in total. The molecule has 0 aliphatic heterocycles.